The van der Waals surface area contributed by atoms with E-state index in [9.17, 15) is 20.2 Å². The van der Waals surface area contributed by atoms with E-state index in [0.717, 1.165) is 0 Å². The van der Waals surface area contributed by atoms with Crippen LogP contribution in [0.25, 0.3) is 0 Å². The van der Waals surface area contributed by atoms with E-state index in [2.05, 4.69) is 0 Å². The Bertz CT molecular complexity index is 483. The summed E-state index contributed by atoms with van der Waals surface area (Å²) in [6, 6.07) is 2.72. The Morgan fingerprint density at radius 2 is 1.67 bits per heavy atom. The van der Waals surface area contributed by atoms with E-state index in [1.54, 1.807) is 25.7 Å². The van der Waals surface area contributed by atoms with Gasteiger partial charge in [0.25, 0.3) is 5.69 Å². The van der Waals surface area contributed by atoms with E-state index in [0.29, 0.717) is 18.7 Å². The van der Waals surface area contributed by atoms with Crippen LogP contribution in [0.15, 0.2) is 12.1 Å². The van der Waals surface area contributed by atoms with Crippen molar-refractivity contribution in [3.63, 3.8) is 0 Å². The van der Waals surface area contributed by atoms with Crippen molar-refractivity contribution < 1.29 is 9.85 Å². The zero-order valence-electron chi connectivity index (χ0n) is 10.5. The summed E-state index contributed by atoms with van der Waals surface area (Å²) in [6.07, 6.45) is 0. The molecule has 0 aromatic heterocycles. The Morgan fingerprint density at radius 3 is 2.06 bits per heavy atom. The second-order valence-electron chi connectivity index (χ2n) is 3.79. The summed E-state index contributed by atoms with van der Waals surface area (Å²) < 4.78 is 0. The molecular formula is C11H15N3O4. The minimum absolute atomic E-state index is 0.0926. The standard InChI is InChI=1S/C11H15N3O4/c1-4-12(5-2)11-9(13(15)16)7-6-8(3)10(11)14(17)18/h6-7H,4-5H2,1-3H3. The lowest BCUT2D eigenvalue weighted by molar-refractivity contribution is -0.393. The number of anilines is 1. The van der Waals surface area contributed by atoms with Gasteiger partial charge in [-0.05, 0) is 26.8 Å². The lowest BCUT2D eigenvalue weighted by Crippen LogP contribution is -2.24. The first kappa shape index (κ1) is 13.9. The third-order valence-corrected chi connectivity index (χ3v) is 2.79. The molecule has 18 heavy (non-hydrogen) atoms. The second-order valence-corrected chi connectivity index (χ2v) is 3.79. The number of nitro groups is 2. The number of hydrogen-bond donors (Lipinski definition) is 0. The third-order valence-electron chi connectivity index (χ3n) is 2.79. The molecule has 0 aliphatic rings. The van der Waals surface area contributed by atoms with Crippen molar-refractivity contribution in [1.29, 1.82) is 0 Å². The fraction of sp³-hybridized carbons (Fsp3) is 0.455. The summed E-state index contributed by atoms with van der Waals surface area (Å²) in [5.41, 5.74) is 0.103. The van der Waals surface area contributed by atoms with Crippen molar-refractivity contribution >= 4 is 17.1 Å². The van der Waals surface area contributed by atoms with Crippen LogP contribution in [0, 0.1) is 27.2 Å². The maximum Gasteiger partial charge on any atom is 0.302 e. The first-order valence-electron chi connectivity index (χ1n) is 5.61. The molecule has 98 valence electrons. The Balaban J connectivity index is 3.62. The highest BCUT2D eigenvalue weighted by Gasteiger charge is 2.30. The second kappa shape index (κ2) is 5.44. The predicted octanol–water partition coefficient (Wildman–Crippen LogP) is 2.66. The third kappa shape index (κ3) is 2.39. The van der Waals surface area contributed by atoms with Crippen LogP contribution in [0.2, 0.25) is 0 Å². The molecule has 0 heterocycles. The van der Waals surface area contributed by atoms with E-state index < -0.39 is 9.85 Å². The van der Waals surface area contributed by atoms with Crippen LogP contribution in [0.1, 0.15) is 19.4 Å². The minimum atomic E-state index is -0.583. The Labute approximate surface area is 104 Å². The first-order chi connectivity index (χ1) is 8.43. The number of rotatable bonds is 5. The number of nitro benzene ring substituents is 2. The van der Waals surface area contributed by atoms with Crippen LogP contribution in [-0.4, -0.2) is 22.9 Å². The molecule has 0 bridgehead atoms. The van der Waals surface area contributed by atoms with Crippen molar-refractivity contribution in [2.24, 2.45) is 0 Å². The molecule has 0 aliphatic heterocycles. The summed E-state index contributed by atoms with van der Waals surface area (Å²) in [5, 5.41) is 22.1. The summed E-state index contributed by atoms with van der Waals surface area (Å²) in [6.45, 7) is 6.14. The molecule has 1 rings (SSSR count). The van der Waals surface area contributed by atoms with Crippen molar-refractivity contribution in [3.05, 3.63) is 37.9 Å². The zero-order valence-corrected chi connectivity index (χ0v) is 10.5. The van der Waals surface area contributed by atoms with Gasteiger partial charge < -0.3 is 4.90 Å². The van der Waals surface area contributed by atoms with Gasteiger partial charge in [-0.1, -0.05) is 0 Å². The maximum atomic E-state index is 11.1. The summed E-state index contributed by atoms with van der Waals surface area (Å²) in [4.78, 5) is 22.6. The number of benzene rings is 1. The lowest BCUT2D eigenvalue weighted by Gasteiger charge is -2.21. The largest absolute Gasteiger partial charge is 0.361 e. The molecule has 0 unspecified atom stereocenters. The van der Waals surface area contributed by atoms with Gasteiger partial charge in [-0.2, -0.15) is 0 Å². The topological polar surface area (TPSA) is 89.5 Å². The zero-order chi connectivity index (χ0) is 13.9. The van der Waals surface area contributed by atoms with Gasteiger partial charge in [-0.15, -0.1) is 0 Å². The Kier molecular flexibility index (Phi) is 4.19. The van der Waals surface area contributed by atoms with Gasteiger partial charge >= 0.3 is 5.69 Å². The molecule has 1 aromatic rings. The molecule has 0 aliphatic carbocycles. The van der Waals surface area contributed by atoms with Crippen LogP contribution in [0.5, 0.6) is 0 Å². The van der Waals surface area contributed by atoms with Crippen LogP contribution >= 0.6 is 0 Å². The molecule has 7 heteroatoms. The SMILES string of the molecule is CCN(CC)c1c([N+](=O)[O-])ccc(C)c1[N+](=O)[O-]. The molecule has 7 nitrogen and oxygen atoms in total. The lowest BCUT2D eigenvalue weighted by atomic mass is 10.1. The monoisotopic (exact) mass is 253 g/mol. The van der Waals surface area contributed by atoms with Crippen molar-refractivity contribution in [1.82, 2.24) is 0 Å². The van der Waals surface area contributed by atoms with E-state index in [1.807, 2.05) is 0 Å². The van der Waals surface area contributed by atoms with E-state index in [4.69, 9.17) is 0 Å². The van der Waals surface area contributed by atoms with Crippen molar-refractivity contribution in [2.45, 2.75) is 20.8 Å². The van der Waals surface area contributed by atoms with Crippen LogP contribution in [0.3, 0.4) is 0 Å². The van der Waals surface area contributed by atoms with Gasteiger partial charge in [0.15, 0.2) is 5.69 Å². The molecule has 0 spiro atoms. The first-order valence-corrected chi connectivity index (χ1v) is 5.61. The summed E-state index contributed by atoms with van der Waals surface area (Å²) in [5.74, 6) is 0. The molecule has 0 N–H and O–H groups in total. The van der Waals surface area contributed by atoms with Gasteiger partial charge in [0.2, 0.25) is 0 Å². The molecule has 0 atom stereocenters. The van der Waals surface area contributed by atoms with Gasteiger partial charge in [-0.25, -0.2) is 0 Å². The number of hydrogen-bond acceptors (Lipinski definition) is 5. The van der Waals surface area contributed by atoms with Crippen LogP contribution < -0.4 is 4.90 Å². The molecule has 0 saturated carbocycles. The highest BCUT2D eigenvalue weighted by atomic mass is 16.6. The fourth-order valence-electron chi connectivity index (χ4n) is 1.90. The van der Waals surface area contributed by atoms with Gasteiger partial charge in [0, 0.05) is 24.7 Å². The van der Waals surface area contributed by atoms with Gasteiger partial charge in [0.05, 0.1) is 9.85 Å². The fourth-order valence-corrected chi connectivity index (χ4v) is 1.90. The maximum absolute atomic E-state index is 11.1. The number of aryl methyl sites for hydroxylation is 1. The van der Waals surface area contributed by atoms with Gasteiger partial charge in [0.1, 0.15) is 0 Å². The highest BCUT2D eigenvalue weighted by Crippen LogP contribution is 2.39. The van der Waals surface area contributed by atoms with E-state index in [-0.39, 0.29) is 17.1 Å². The smallest absolute Gasteiger partial charge is 0.302 e. The minimum Gasteiger partial charge on any atom is -0.361 e. The average Bonchev–Trinajstić information content (AvgIpc) is 2.29. The van der Waals surface area contributed by atoms with Crippen LogP contribution in [0.4, 0.5) is 17.1 Å². The Hall–Kier alpha value is -2.18. The van der Waals surface area contributed by atoms with E-state index in [1.165, 1.54) is 12.1 Å². The highest BCUT2D eigenvalue weighted by molar-refractivity contribution is 5.77. The van der Waals surface area contributed by atoms with Crippen molar-refractivity contribution in [3.8, 4) is 0 Å². The molecule has 1 aromatic carbocycles. The number of nitrogens with zero attached hydrogens (tertiary/aromatic N) is 3. The quantitative estimate of drug-likeness (QED) is 0.594. The molecular weight excluding hydrogens is 238 g/mol. The molecule has 0 radical (unpaired) electrons. The average molecular weight is 253 g/mol. The van der Waals surface area contributed by atoms with Crippen LogP contribution in [-0.2, 0) is 0 Å². The summed E-state index contributed by atoms with van der Waals surface area (Å²) in [7, 11) is 0. The van der Waals surface area contributed by atoms with Crippen molar-refractivity contribution in [2.75, 3.05) is 18.0 Å². The van der Waals surface area contributed by atoms with E-state index >= 15 is 0 Å². The summed E-state index contributed by atoms with van der Waals surface area (Å²) >= 11 is 0. The predicted molar refractivity (Wildman–Crippen MR) is 68.0 cm³/mol. The Morgan fingerprint density at radius 1 is 1.11 bits per heavy atom. The van der Waals surface area contributed by atoms with Gasteiger partial charge in [-0.3, -0.25) is 20.2 Å². The molecule has 0 fully saturated rings. The molecule has 0 amide bonds. The normalized spacial score (nSPS) is 10.2. The molecule has 0 saturated heterocycles.